The predicted molar refractivity (Wildman–Crippen MR) is 133 cm³/mol. The standard InChI is InChI=1S/C24H35N5O4S/c1-3-32-20-15-19(29-9-11-31-12-10-29)21(33-4-2)14-18(20)25-23(30)16-34-24-26-22(27-28-24)13-17-7-5-6-8-17/h14-15,17H,3-13,16H2,1-2H3,(H,25,30)(H,26,27,28). The third-order valence-corrected chi connectivity index (χ3v) is 6.93. The van der Waals surface area contributed by atoms with Crippen LogP contribution in [0.5, 0.6) is 11.5 Å². The maximum Gasteiger partial charge on any atom is 0.234 e. The third kappa shape index (κ3) is 6.56. The van der Waals surface area contributed by atoms with Crippen LogP contribution in [0.2, 0.25) is 0 Å². The number of amides is 1. The molecule has 1 aliphatic carbocycles. The van der Waals surface area contributed by atoms with Gasteiger partial charge in [0.05, 0.1) is 43.6 Å². The van der Waals surface area contributed by atoms with E-state index in [2.05, 4.69) is 25.4 Å². The maximum absolute atomic E-state index is 12.8. The van der Waals surface area contributed by atoms with Crippen molar-refractivity contribution in [1.82, 2.24) is 15.2 Å². The van der Waals surface area contributed by atoms with Gasteiger partial charge >= 0.3 is 0 Å². The van der Waals surface area contributed by atoms with Gasteiger partial charge in [-0.1, -0.05) is 37.4 Å². The summed E-state index contributed by atoms with van der Waals surface area (Å²) in [6, 6.07) is 3.81. The molecule has 34 heavy (non-hydrogen) atoms. The summed E-state index contributed by atoms with van der Waals surface area (Å²) >= 11 is 1.33. The Morgan fingerprint density at radius 1 is 1.18 bits per heavy atom. The van der Waals surface area contributed by atoms with Gasteiger partial charge in [-0.05, 0) is 19.8 Å². The molecule has 0 bridgehead atoms. The summed E-state index contributed by atoms with van der Waals surface area (Å²) in [5, 5.41) is 10.9. The summed E-state index contributed by atoms with van der Waals surface area (Å²) in [4.78, 5) is 19.5. The number of carbonyl (C=O) groups excluding carboxylic acids is 1. The quantitative estimate of drug-likeness (QED) is 0.458. The minimum atomic E-state index is -0.144. The zero-order valence-electron chi connectivity index (χ0n) is 20.1. The normalized spacial score (nSPS) is 16.6. The summed E-state index contributed by atoms with van der Waals surface area (Å²) in [5.41, 5.74) is 1.56. The van der Waals surface area contributed by atoms with E-state index >= 15 is 0 Å². The Bertz CT molecular complexity index is 941. The molecule has 1 amide bonds. The van der Waals surface area contributed by atoms with Gasteiger partial charge in [0.2, 0.25) is 11.1 Å². The van der Waals surface area contributed by atoms with Crippen LogP contribution >= 0.6 is 11.8 Å². The van der Waals surface area contributed by atoms with E-state index in [9.17, 15) is 4.79 Å². The van der Waals surface area contributed by atoms with Gasteiger partial charge in [-0.15, -0.1) is 5.10 Å². The molecule has 4 rings (SSSR count). The van der Waals surface area contributed by atoms with E-state index in [-0.39, 0.29) is 11.7 Å². The minimum absolute atomic E-state index is 0.144. The number of rotatable bonds is 11. The van der Waals surface area contributed by atoms with E-state index < -0.39 is 0 Å². The molecular weight excluding hydrogens is 454 g/mol. The third-order valence-electron chi connectivity index (χ3n) is 6.09. The maximum atomic E-state index is 12.8. The molecule has 0 spiro atoms. The molecule has 2 N–H and O–H groups in total. The Hall–Kier alpha value is -2.46. The Morgan fingerprint density at radius 3 is 2.65 bits per heavy atom. The van der Waals surface area contributed by atoms with E-state index in [0.29, 0.717) is 48.9 Å². The van der Waals surface area contributed by atoms with Gasteiger partial charge in [-0.2, -0.15) is 0 Å². The first kappa shape index (κ1) is 24.7. The van der Waals surface area contributed by atoms with Crippen molar-refractivity contribution >= 4 is 29.0 Å². The molecule has 186 valence electrons. The molecule has 1 saturated heterocycles. The Balaban J connectivity index is 1.40. The number of nitrogens with zero attached hydrogens (tertiary/aromatic N) is 3. The summed E-state index contributed by atoms with van der Waals surface area (Å²) in [7, 11) is 0. The second-order valence-electron chi connectivity index (χ2n) is 8.54. The second-order valence-corrected chi connectivity index (χ2v) is 9.48. The molecule has 2 aromatic rings. The topological polar surface area (TPSA) is 102 Å². The van der Waals surface area contributed by atoms with Crippen molar-refractivity contribution in [2.24, 2.45) is 5.92 Å². The average molecular weight is 490 g/mol. The molecular formula is C24H35N5O4S. The highest BCUT2D eigenvalue weighted by Crippen LogP contribution is 2.39. The van der Waals surface area contributed by atoms with E-state index in [1.54, 1.807) is 0 Å². The number of aromatic nitrogens is 3. The molecule has 1 aliphatic heterocycles. The van der Waals surface area contributed by atoms with Gasteiger partial charge in [-0.3, -0.25) is 9.89 Å². The highest BCUT2D eigenvalue weighted by atomic mass is 32.2. The van der Waals surface area contributed by atoms with Crippen LogP contribution < -0.4 is 19.7 Å². The Kier molecular flexibility index (Phi) is 8.92. The van der Waals surface area contributed by atoms with Gasteiger partial charge in [0, 0.05) is 31.6 Å². The van der Waals surface area contributed by atoms with Crippen LogP contribution in [0, 0.1) is 5.92 Å². The second kappa shape index (κ2) is 12.3. The van der Waals surface area contributed by atoms with Crippen molar-refractivity contribution in [3.05, 3.63) is 18.0 Å². The van der Waals surface area contributed by atoms with E-state index in [4.69, 9.17) is 14.2 Å². The van der Waals surface area contributed by atoms with Gasteiger partial charge in [0.25, 0.3) is 0 Å². The van der Waals surface area contributed by atoms with Gasteiger partial charge in [0.1, 0.15) is 17.3 Å². The van der Waals surface area contributed by atoms with Crippen molar-refractivity contribution in [2.75, 3.05) is 55.5 Å². The molecule has 0 atom stereocenters. The minimum Gasteiger partial charge on any atom is -0.492 e. The summed E-state index contributed by atoms with van der Waals surface area (Å²) < 4.78 is 17.3. The Morgan fingerprint density at radius 2 is 1.91 bits per heavy atom. The molecule has 0 radical (unpaired) electrons. The van der Waals surface area contributed by atoms with Crippen molar-refractivity contribution in [1.29, 1.82) is 0 Å². The largest absolute Gasteiger partial charge is 0.492 e. The molecule has 2 fully saturated rings. The van der Waals surface area contributed by atoms with Crippen LogP contribution in [0.25, 0.3) is 0 Å². The molecule has 1 aromatic heterocycles. The zero-order valence-corrected chi connectivity index (χ0v) is 20.9. The Labute approximate surface area is 205 Å². The summed E-state index contributed by atoms with van der Waals surface area (Å²) in [6.45, 7) is 7.83. The number of ether oxygens (including phenoxy) is 3. The van der Waals surface area contributed by atoms with E-state index in [1.165, 1.54) is 37.4 Å². The first-order valence-corrected chi connectivity index (χ1v) is 13.2. The number of morpholine rings is 1. The SMILES string of the molecule is CCOc1cc(N2CCOCC2)c(OCC)cc1NC(=O)CSc1n[nH]c(CC2CCCC2)n1. The summed E-state index contributed by atoms with van der Waals surface area (Å²) in [6.07, 6.45) is 6.09. The number of H-pyrrole nitrogens is 1. The molecule has 0 unspecified atom stereocenters. The lowest BCUT2D eigenvalue weighted by Crippen LogP contribution is -2.36. The van der Waals surface area contributed by atoms with Crippen molar-refractivity contribution in [3.8, 4) is 11.5 Å². The van der Waals surface area contributed by atoms with Crippen LogP contribution in [-0.2, 0) is 16.0 Å². The van der Waals surface area contributed by atoms with Crippen LogP contribution in [-0.4, -0.2) is 66.4 Å². The highest BCUT2D eigenvalue weighted by molar-refractivity contribution is 7.99. The van der Waals surface area contributed by atoms with Crippen LogP contribution in [0.15, 0.2) is 17.3 Å². The first-order chi connectivity index (χ1) is 16.7. The number of carbonyl (C=O) groups is 1. The smallest absolute Gasteiger partial charge is 0.234 e. The van der Waals surface area contributed by atoms with Crippen LogP contribution in [0.3, 0.4) is 0 Å². The average Bonchev–Trinajstić information content (AvgIpc) is 3.52. The first-order valence-electron chi connectivity index (χ1n) is 12.3. The van der Waals surface area contributed by atoms with Crippen LogP contribution in [0.4, 0.5) is 11.4 Å². The van der Waals surface area contributed by atoms with Crippen molar-refractivity contribution in [2.45, 2.75) is 51.1 Å². The zero-order chi connectivity index (χ0) is 23.8. The summed E-state index contributed by atoms with van der Waals surface area (Å²) in [5.74, 6) is 3.03. The molecule has 2 heterocycles. The van der Waals surface area contributed by atoms with Gasteiger partial charge in [-0.25, -0.2) is 4.98 Å². The molecule has 1 saturated carbocycles. The predicted octanol–water partition coefficient (Wildman–Crippen LogP) is 3.90. The monoisotopic (exact) mass is 489 g/mol. The molecule has 2 aliphatic rings. The van der Waals surface area contributed by atoms with E-state index in [1.807, 2.05) is 26.0 Å². The number of nitrogens with one attached hydrogen (secondary N) is 2. The van der Waals surface area contributed by atoms with E-state index in [0.717, 1.165) is 36.8 Å². The number of thioether (sulfide) groups is 1. The number of anilines is 2. The van der Waals surface area contributed by atoms with Crippen molar-refractivity contribution in [3.63, 3.8) is 0 Å². The van der Waals surface area contributed by atoms with Gasteiger partial charge in [0.15, 0.2) is 0 Å². The highest BCUT2D eigenvalue weighted by Gasteiger charge is 2.21. The fourth-order valence-electron chi connectivity index (χ4n) is 4.48. The molecule has 10 heteroatoms. The number of aromatic amines is 1. The molecule has 1 aromatic carbocycles. The van der Waals surface area contributed by atoms with Gasteiger partial charge < -0.3 is 24.4 Å². The lowest BCUT2D eigenvalue weighted by atomic mass is 10.0. The number of hydrogen-bond acceptors (Lipinski definition) is 8. The molecule has 9 nitrogen and oxygen atoms in total. The fraction of sp³-hybridized carbons (Fsp3) is 0.625. The fourth-order valence-corrected chi connectivity index (χ4v) is 5.10. The van der Waals surface area contributed by atoms with Crippen LogP contribution in [0.1, 0.15) is 45.4 Å². The van der Waals surface area contributed by atoms with Crippen molar-refractivity contribution < 1.29 is 19.0 Å². The number of hydrogen-bond donors (Lipinski definition) is 2. The number of benzene rings is 1. The lowest BCUT2D eigenvalue weighted by molar-refractivity contribution is -0.113. The lowest BCUT2D eigenvalue weighted by Gasteiger charge is -2.31.